The monoisotopic (exact) mass is 288 g/mol. The van der Waals surface area contributed by atoms with Gasteiger partial charge in [0, 0.05) is 11.1 Å². The van der Waals surface area contributed by atoms with Crippen molar-refractivity contribution in [3.05, 3.63) is 63.2 Å². The first-order valence-electron chi connectivity index (χ1n) is 6.40. The van der Waals surface area contributed by atoms with Gasteiger partial charge in [0.25, 0.3) is 0 Å². The first-order valence-corrected chi connectivity index (χ1v) is 6.78. The summed E-state index contributed by atoms with van der Waals surface area (Å²) in [7, 11) is 1.63. The van der Waals surface area contributed by atoms with E-state index in [1.54, 1.807) is 19.2 Å². The van der Waals surface area contributed by atoms with Gasteiger partial charge in [-0.1, -0.05) is 17.7 Å². The van der Waals surface area contributed by atoms with Crippen molar-refractivity contribution in [2.45, 2.75) is 20.8 Å². The number of benzene rings is 2. The van der Waals surface area contributed by atoms with Crippen LogP contribution in [0.3, 0.4) is 0 Å². The van der Waals surface area contributed by atoms with Crippen LogP contribution in [-0.2, 0) is 0 Å². The van der Waals surface area contributed by atoms with Crippen molar-refractivity contribution in [3.8, 4) is 5.75 Å². The van der Waals surface area contributed by atoms with Crippen LogP contribution in [0.25, 0.3) is 0 Å². The van der Waals surface area contributed by atoms with E-state index in [0.717, 1.165) is 22.4 Å². The number of halogens is 1. The third-order valence-corrected chi connectivity index (χ3v) is 3.67. The molecule has 2 aromatic carbocycles. The lowest BCUT2D eigenvalue weighted by Gasteiger charge is -2.11. The molecule has 0 atom stereocenters. The summed E-state index contributed by atoms with van der Waals surface area (Å²) < 4.78 is 5.27. The molecule has 0 aromatic heterocycles. The van der Waals surface area contributed by atoms with Gasteiger partial charge in [0.1, 0.15) is 5.75 Å². The lowest BCUT2D eigenvalue weighted by atomic mass is 9.96. The smallest absolute Gasteiger partial charge is 0.194 e. The normalized spacial score (nSPS) is 10.4. The van der Waals surface area contributed by atoms with E-state index in [1.807, 2.05) is 39.0 Å². The highest BCUT2D eigenvalue weighted by Crippen LogP contribution is 2.27. The van der Waals surface area contributed by atoms with Gasteiger partial charge in [-0.25, -0.2) is 0 Å². The average Bonchev–Trinajstić information content (AvgIpc) is 2.40. The Hall–Kier alpha value is -1.80. The molecule has 104 valence electrons. The van der Waals surface area contributed by atoms with E-state index in [4.69, 9.17) is 16.3 Å². The number of methoxy groups -OCH3 is 1. The van der Waals surface area contributed by atoms with E-state index in [1.165, 1.54) is 0 Å². The maximum atomic E-state index is 12.6. The topological polar surface area (TPSA) is 26.3 Å². The fourth-order valence-electron chi connectivity index (χ4n) is 2.20. The molecule has 20 heavy (non-hydrogen) atoms. The Morgan fingerprint density at radius 3 is 2.30 bits per heavy atom. The number of ketones is 1. The number of hydrogen-bond donors (Lipinski definition) is 0. The summed E-state index contributed by atoms with van der Waals surface area (Å²) in [6, 6.07) is 9.21. The van der Waals surface area contributed by atoms with Gasteiger partial charge in [-0.3, -0.25) is 4.79 Å². The molecule has 0 aliphatic rings. The maximum absolute atomic E-state index is 12.6. The second-order valence-corrected chi connectivity index (χ2v) is 5.36. The first-order chi connectivity index (χ1) is 9.43. The fraction of sp³-hybridized carbons (Fsp3) is 0.235. The Bertz CT molecular complexity index is 675. The second-order valence-electron chi connectivity index (χ2n) is 4.95. The molecule has 0 amide bonds. The predicted octanol–water partition coefficient (Wildman–Crippen LogP) is 4.50. The van der Waals surface area contributed by atoms with Crippen LogP contribution in [0, 0.1) is 20.8 Å². The van der Waals surface area contributed by atoms with Gasteiger partial charge < -0.3 is 4.74 Å². The molecule has 0 unspecified atom stereocenters. The highest BCUT2D eigenvalue weighted by atomic mass is 35.5. The van der Waals surface area contributed by atoms with Crippen LogP contribution in [0.2, 0.25) is 5.02 Å². The van der Waals surface area contributed by atoms with Gasteiger partial charge >= 0.3 is 0 Å². The minimum atomic E-state index is -0.0572. The molecular weight excluding hydrogens is 272 g/mol. The number of hydrogen-bond acceptors (Lipinski definition) is 2. The molecule has 2 aromatic rings. The Kier molecular flexibility index (Phi) is 4.15. The third-order valence-electron chi connectivity index (χ3n) is 3.36. The first kappa shape index (κ1) is 14.6. The number of aryl methyl sites for hydroxylation is 3. The van der Waals surface area contributed by atoms with Crippen LogP contribution >= 0.6 is 11.6 Å². The number of rotatable bonds is 3. The minimum absolute atomic E-state index is 0.0572. The summed E-state index contributed by atoms with van der Waals surface area (Å²) in [4.78, 5) is 12.6. The van der Waals surface area contributed by atoms with E-state index in [-0.39, 0.29) is 5.78 Å². The summed E-state index contributed by atoms with van der Waals surface area (Å²) in [5, 5.41) is 0.489. The molecule has 0 N–H and O–H groups in total. The number of carbonyl (C=O) groups is 1. The van der Waals surface area contributed by atoms with Crippen LogP contribution in [-0.4, -0.2) is 12.9 Å². The van der Waals surface area contributed by atoms with Crippen LogP contribution in [0.1, 0.15) is 32.6 Å². The predicted molar refractivity (Wildman–Crippen MR) is 82.1 cm³/mol. The fourth-order valence-corrected chi connectivity index (χ4v) is 2.52. The minimum Gasteiger partial charge on any atom is -0.496 e. The lowest BCUT2D eigenvalue weighted by molar-refractivity contribution is 0.103. The van der Waals surface area contributed by atoms with Crippen LogP contribution in [0.4, 0.5) is 0 Å². The van der Waals surface area contributed by atoms with Crippen molar-refractivity contribution in [1.29, 1.82) is 0 Å². The Labute approximate surface area is 124 Å². The van der Waals surface area contributed by atoms with Crippen molar-refractivity contribution in [1.82, 2.24) is 0 Å². The SMILES string of the molecule is COc1cc(C)c(C(=O)c2ccc(C)cc2Cl)cc1C. The van der Waals surface area contributed by atoms with Crippen LogP contribution < -0.4 is 4.74 Å². The van der Waals surface area contributed by atoms with Gasteiger partial charge in [-0.15, -0.1) is 0 Å². The van der Waals surface area contributed by atoms with E-state index in [9.17, 15) is 4.79 Å². The van der Waals surface area contributed by atoms with Crippen LogP contribution in [0.5, 0.6) is 5.75 Å². The van der Waals surface area contributed by atoms with Crippen LogP contribution in [0.15, 0.2) is 30.3 Å². The quantitative estimate of drug-likeness (QED) is 0.777. The van der Waals surface area contributed by atoms with E-state index in [0.29, 0.717) is 16.1 Å². The average molecular weight is 289 g/mol. The summed E-state index contributed by atoms with van der Waals surface area (Å²) in [5.74, 6) is 0.729. The standard InChI is InChI=1S/C17H17ClO2/c1-10-5-6-13(15(18)7-10)17(19)14-8-12(3)16(20-4)9-11(14)2/h5-9H,1-4H3. The molecule has 0 saturated heterocycles. The van der Waals surface area contributed by atoms with Crippen molar-refractivity contribution in [2.75, 3.05) is 7.11 Å². The molecule has 0 aliphatic carbocycles. The van der Waals surface area contributed by atoms with E-state index < -0.39 is 0 Å². The Morgan fingerprint density at radius 2 is 1.70 bits per heavy atom. The zero-order chi connectivity index (χ0) is 14.9. The molecule has 0 saturated carbocycles. The van der Waals surface area contributed by atoms with Gasteiger partial charge in [-0.05, 0) is 61.7 Å². The Balaban J connectivity index is 2.51. The zero-order valence-corrected chi connectivity index (χ0v) is 12.8. The van der Waals surface area contributed by atoms with Crippen molar-refractivity contribution in [3.63, 3.8) is 0 Å². The van der Waals surface area contributed by atoms with E-state index in [2.05, 4.69) is 0 Å². The molecule has 0 heterocycles. The van der Waals surface area contributed by atoms with Gasteiger partial charge in [-0.2, -0.15) is 0 Å². The van der Waals surface area contributed by atoms with Crippen molar-refractivity contribution in [2.24, 2.45) is 0 Å². The lowest BCUT2D eigenvalue weighted by Crippen LogP contribution is -2.06. The molecule has 3 heteroatoms. The summed E-state index contributed by atoms with van der Waals surface area (Å²) >= 11 is 6.18. The van der Waals surface area contributed by atoms with Gasteiger partial charge in [0.05, 0.1) is 12.1 Å². The van der Waals surface area contributed by atoms with Crippen molar-refractivity contribution >= 4 is 17.4 Å². The molecular formula is C17H17ClO2. The Morgan fingerprint density at radius 1 is 1.00 bits per heavy atom. The largest absolute Gasteiger partial charge is 0.496 e. The molecule has 0 radical (unpaired) electrons. The van der Waals surface area contributed by atoms with Crippen molar-refractivity contribution < 1.29 is 9.53 Å². The van der Waals surface area contributed by atoms with Gasteiger partial charge in [0.15, 0.2) is 5.78 Å². The summed E-state index contributed by atoms with van der Waals surface area (Å²) in [5.41, 5.74) is 4.05. The molecule has 0 bridgehead atoms. The molecule has 0 aliphatic heterocycles. The number of carbonyl (C=O) groups excluding carboxylic acids is 1. The third kappa shape index (κ3) is 2.70. The molecule has 0 fully saturated rings. The highest BCUT2D eigenvalue weighted by Gasteiger charge is 2.16. The molecule has 0 spiro atoms. The van der Waals surface area contributed by atoms with Gasteiger partial charge in [0.2, 0.25) is 0 Å². The second kappa shape index (κ2) is 5.68. The summed E-state index contributed by atoms with van der Waals surface area (Å²) in [6.07, 6.45) is 0. The summed E-state index contributed by atoms with van der Waals surface area (Å²) in [6.45, 7) is 5.77. The van der Waals surface area contributed by atoms with E-state index >= 15 is 0 Å². The maximum Gasteiger partial charge on any atom is 0.194 e. The molecule has 2 rings (SSSR count). The zero-order valence-electron chi connectivity index (χ0n) is 12.1. The molecule has 2 nitrogen and oxygen atoms in total. The highest BCUT2D eigenvalue weighted by molar-refractivity contribution is 6.35. The number of ether oxygens (including phenoxy) is 1.